The quantitative estimate of drug-likeness (QED) is 0.789. The first-order valence-corrected chi connectivity index (χ1v) is 8.22. The van der Waals surface area contributed by atoms with Crippen LogP contribution in [0.4, 0.5) is 10.5 Å². The molecule has 0 aliphatic heterocycles. The summed E-state index contributed by atoms with van der Waals surface area (Å²) in [5.41, 5.74) is 2.95. The summed E-state index contributed by atoms with van der Waals surface area (Å²) >= 11 is 0. The Morgan fingerprint density at radius 2 is 1.76 bits per heavy atom. The fourth-order valence-corrected chi connectivity index (χ4v) is 2.38. The van der Waals surface area contributed by atoms with Gasteiger partial charge in [-0.1, -0.05) is 38.5 Å². The van der Waals surface area contributed by atoms with Crippen LogP contribution in [-0.2, 0) is 5.41 Å². The molecule has 0 aromatic heterocycles. The first kappa shape index (κ1) is 18.6. The lowest BCUT2D eigenvalue weighted by Gasteiger charge is -2.23. The molecule has 5 nitrogen and oxygen atoms in total. The van der Waals surface area contributed by atoms with E-state index in [0.717, 1.165) is 17.1 Å². The lowest BCUT2D eigenvalue weighted by molar-refractivity contribution is 0.233. The smallest absolute Gasteiger partial charge is 0.321 e. The van der Waals surface area contributed by atoms with Crippen LogP contribution < -0.4 is 20.1 Å². The van der Waals surface area contributed by atoms with Crippen LogP contribution in [0.5, 0.6) is 11.5 Å². The van der Waals surface area contributed by atoms with Gasteiger partial charge in [-0.25, -0.2) is 4.79 Å². The van der Waals surface area contributed by atoms with Gasteiger partial charge in [-0.15, -0.1) is 0 Å². The molecule has 5 heteroatoms. The summed E-state index contributed by atoms with van der Waals surface area (Å²) in [6.45, 7) is 8.56. The number of hydrogen-bond donors (Lipinski definition) is 2. The maximum Gasteiger partial charge on any atom is 0.321 e. The second kappa shape index (κ2) is 7.92. The van der Waals surface area contributed by atoms with Gasteiger partial charge in [0.05, 0.1) is 7.11 Å². The topological polar surface area (TPSA) is 59.6 Å². The maximum absolute atomic E-state index is 12.0. The van der Waals surface area contributed by atoms with Crippen molar-refractivity contribution in [3.05, 3.63) is 53.6 Å². The molecular weight excluding hydrogens is 316 g/mol. The SMILES string of the molecule is COc1ccc(NC(=O)NCOc2ccc(C)cc2C(C)(C)C)cc1. The monoisotopic (exact) mass is 342 g/mol. The first-order valence-electron chi connectivity index (χ1n) is 8.22. The van der Waals surface area contributed by atoms with Crippen LogP contribution in [0.2, 0.25) is 0 Å². The van der Waals surface area contributed by atoms with Gasteiger partial charge in [-0.3, -0.25) is 0 Å². The normalized spacial score (nSPS) is 10.9. The third kappa shape index (κ3) is 5.41. The molecule has 0 atom stereocenters. The van der Waals surface area contributed by atoms with E-state index >= 15 is 0 Å². The van der Waals surface area contributed by atoms with Crippen molar-refractivity contribution in [2.24, 2.45) is 0 Å². The predicted molar refractivity (Wildman–Crippen MR) is 101 cm³/mol. The Balaban J connectivity index is 1.91. The van der Waals surface area contributed by atoms with Gasteiger partial charge < -0.3 is 20.1 Å². The standard InChI is InChI=1S/C20H26N2O3/c1-14-6-11-18(17(12-14)20(2,3)4)25-13-21-19(23)22-15-7-9-16(24-5)10-8-15/h6-12H,13H2,1-5H3,(H2,21,22,23). The lowest BCUT2D eigenvalue weighted by atomic mass is 9.85. The molecule has 0 aliphatic rings. The Hall–Kier alpha value is -2.69. The van der Waals surface area contributed by atoms with E-state index < -0.39 is 0 Å². The molecule has 2 rings (SSSR count). The summed E-state index contributed by atoms with van der Waals surface area (Å²) in [6, 6.07) is 12.9. The third-order valence-corrected chi connectivity index (χ3v) is 3.75. The van der Waals surface area contributed by atoms with Gasteiger partial charge in [0.25, 0.3) is 0 Å². The zero-order valence-corrected chi connectivity index (χ0v) is 15.5. The van der Waals surface area contributed by atoms with E-state index in [2.05, 4.69) is 44.4 Å². The Morgan fingerprint density at radius 1 is 1.08 bits per heavy atom. The minimum absolute atomic E-state index is 0.0350. The van der Waals surface area contributed by atoms with Gasteiger partial charge in [-0.05, 0) is 48.2 Å². The number of amides is 2. The zero-order chi connectivity index (χ0) is 18.4. The number of nitrogens with one attached hydrogen (secondary N) is 2. The van der Waals surface area contributed by atoms with Crippen molar-refractivity contribution in [3.8, 4) is 11.5 Å². The molecule has 2 N–H and O–H groups in total. The Morgan fingerprint density at radius 3 is 2.36 bits per heavy atom. The van der Waals surface area contributed by atoms with Crippen molar-refractivity contribution < 1.29 is 14.3 Å². The molecule has 0 bridgehead atoms. The van der Waals surface area contributed by atoms with E-state index in [1.165, 1.54) is 5.56 Å². The first-order chi connectivity index (χ1) is 11.8. The number of ether oxygens (including phenoxy) is 2. The molecule has 0 fully saturated rings. The average Bonchev–Trinajstić information content (AvgIpc) is 2.56. The number of anilines is 1. The number of benzene rings is 2. The number of rotatable bonds is 5. The second-order valence-corrected chi connectivity index (χ2v) is 6.90. The van der Waals surface area contributed by atoms with Crippen LogP contribution in [0.25, 0.3) is 0 Å². The predicted octanol–water partition coefficient (Wildman–Crippen LogP) is 4.46. The molecule has 2 amide bonds. The number of carbonyl (C=O) groups is 1. The average molecular weight is 342 g/mol. The molecule has 2 aromatic rings. The summed E-state index contributed by atoms with van der Waals surface area (Å²) in [5, 5.41) is 5.45. The third-order valence-electron chi connectivity index (χ3n) is 3.75. The van der Waals surface area contributed by atoms with Crippen LogP contribution in [-0.4, -0.2) is 19.9 Å². The van der Waals surface area contributed by atoms with Crippen LogP contribution in [0.1, 0.15) is 31.9 Å². The summed E-state index contributed by atoms with van der Waals surface area (Å²) in [4.78, 5) is 12.0. The fourth-order valence-electron chi connectivity index (χ4n) is 2.38. The van der Waals surface area contributed by atoms with Crippen LogP contribution in [0.15, 0.2) is 42.5 Å². The molecule has 0 spiro atoms. The van der Waals surface area contributed by atoms with Gasteiger partial charge in [-0.2, -0.15) is 0 Å². The largest absolute Gasteiger partial charge is 0.497 e. The van der Waals surface area contributed by atoms with Gasteiger partial charge in [0, 0.05) is 5.69 Å². The number of urea groups is 1. The van der Waals surface area contributed by atoms with Crippen LogP contribution in [0, 0.1) is 6.92 Å². The van der Waals surface area contributed by atoms with Gasteiger partial charge >= 0.3 is 6.03 Å². The summed E-state index contributed by atoms with van der Waals surface area (Å²) in [5.74, 6) is 1.52. The highest BCUT2D eigenvalue weighted by atomic mass is 16.5. The van der Waals surface area contributed by atoms with E-state index in [4.69, 9.17) is 9.47 Å². The number of carbonyl (C=O) groups excluding carboxylic acids is 1. The molecule has 0 unspecified atom stereocenters. The van der Waals surface area contributed by atoms with Crippen molar-refractivity contribution in [2.45, 2.75) is 33.1 Å². The second-order valence-electron chi connectivity index (χ2n) is 6.90. The summed E-state index contributed by atoms with van der Waals surface area (Å²) in [7, 11) is 1.60. The minimum atomic E-state index is -0.324. The molecule has 134 valence electrons. The van der Waals surface area contributed by atoms with Crippen molar-refractivity contribution in [1.29, 1.82) is 0 Å². The number of methoxy groups -OCH3 is 1. The number of aryl methyl sites for hydroxylation is 1. The minimum Gasteiger partial charge on any atom is -0.497 e. The van der Waals surface area contributed by atoms with Gasteiger partial charge in [0.15, 0.2) is 6.73 Å². The van der Waals surface area contributed by atoms with E-state index in [0.29, 0.717) is 5.69 Å². The van der Waals surface area contributed by atoms with Gasteiger partial charge in [0.1, 0.15) is 11.5 Å². The van der Waals surface area contributed by atoms with E-state index in [1.54, 1.807) is 31.4 Å². The fraction of sp³-hybridized carbons (Fsp3) is 0.350. The molecule has 0 aliphatic carbocycles. The molecule has 0 heterocycles. The molecule has 2 aromatic carbocycles. The van der Waals surface area contributed by atoms with Crippen LogP contribution >= 0.6 is 0 Å². The molecular formula is C20H26N2O3. The van der Waals surface area contributed by atoms with E-state index in [9.17, 15) is 4.79 Å². The van der Waals surface area contributed by atoms with Gasteiger partial charge in [0.2, 0.25) is 0 Å². The Labute approximate surface area is 149 Å². The highest BCUT2D eigenvalue weighted by molar-refractivity contribution is 5.89. The molecule has 0 saturated heterocycles. The van der Waals surface area contributed by atoms with Crippen molar-refractivity contribution >= 4 is 11.7 Å². The summed E-state index contributed by atoms with van der Waals surface area (Å²) < 4.78 is 10.9. The molecule has 0 radical (unpaired) electrons. The highest BCUT2D eigenvalue weighted by Gasteiger charge is 2.19. The van der Waals surface area contributed by atoms with Crippen LogP contribution in [0.3, 0.4) is 0 Å². The lowest BCUT2D eigenvalue weighted by Crippen LogP contribution is -2.32. The Kier molecular flexibility index (Phi) is 5.91. The van der Waals surface area contributed by atoms with Crippen molar-refractivity contribution in [2.75, 3.05) is 19.2 Å². The molecule has 0 saturated carbocycles. The molecule has 25 heavy (non-hydrogen) atoms. The Bertz CT molecular complexity index is 719. The number of hydrogen-bond acceptors (Lipinski definition) is 3. The zero-order valence-electron chi connectivity index (χ0n) is 15.5. The van der Waals surface area contributed by atoms with Crippen molar-refractivity contribution in [3.63, 3.8) is 0 Å². The maximum atomic E-state index is 12.0. The summed E-state index contributed by atoms with van der Waals surface area (Å²) in [6.07, 6.45) is 0. The van der Waals surface area contributed by atoms with E-state index in [1.807, 2.05) is 12.1 Å². The highest BCUT2D eigenvalue weighted by Crippen LogP contribution is 2.31. The van der Waals surface area contributed by atoms with E-state index in [-0.39, 0.29) is 18.2 Å². The van der Waals surface area contributed by atoms with Crippen molar-refractivity contribution in [1.82, 2.24) is 5.32 Å².